The van der Waals surface area contributed by atoms with Gasteiger partial charge in [0.05, 0.1) is 0 Å². The Morgan fingerprint density at radius 1 is 0.256 bits per heavy atom. The summed E-state index contributed by atoms with van der Waals surface area (Å²) in [6, 6.07) is 0. The SMILES string of the molecule is CC/C=C\C/C=C\C/C=C\C/C=C\CCCCCCCCCCCCCCCCCCCCCCC(=O)OCC(COC(=O)CCCCCCCCCCCC)OC(=O)CCCCCCCCCCC/C=C\C/C=C\CCCCCCC. The summed E-state index contributed by atoms with van der Waals surface area (Å²) < 4.78 is 17.0. The van der Waals surface area contributed by atoms with E-state index in [4.69, 9.17) is 14.2 Å². The van der Waals surface area contributed by atoms with Crippen molar-refractivity contribution in [3.63, 3.8) is 0 Å². The van der Waals surface area contributed by atoms with Crippen molar-refractivity contribution in [2.75, 3.05) is 13.2 Å². The van der Waals surface area contributed by atoms with Gasteiger partial charge in [-0.3, -0.25) is 14.4 Å². The Labute approximate surface area is 510 Å². The number of unbranched alkanes of at least 4 members (excludes halogenated alkanes) is 43. The third-order valence-electron chi connectivity index (χ3n) is 15.9. The van der Waals surface area contributed by atoms with Gasteiger partial charge in [-0.2, -0.15) is 0 Å². The van der Waals surface area contributed by atoms with Crippen LogP contribution in [0.4, 0.5) is 0 Å². The van der Waals surface area contributed by atoms with E-state index in [0.29, 0.717) is 19.3 Å². The normalized spacial score (nSPS) is 12.5. The van der Waals surface area contributed by atoms with Crippen molar-refractivity contribution >= 4 is 17.9 Å². The Morgan fingerprint density at radius 3 is 0.744 bits per heavy atom. The second-order valence-electron chi connectivity index (χ2n) is 24.1. The third-order valence-corrected chi connectivity index (χ3v) is 15.9. The van der Waals surface area contributed by atoms with Crippen LogP contribution in [0, 0.1) is 0 Å². The monoisotopic (exact) mass is 1150 g/mol. The van der Waals surface area contributed by atoms with Gasteiger partial charge in [0.25, 0.3) is 0 Å². The number of carbonyl (C=O) groups excluding carboxylic acids is 3. The fraction of sp³-hybridized carbons (Fsp3) is 0.803. The first-order chi connectivity index (χ1) is 40.5. The van der Waals surface area contributed by atoms with Crippen LogP contribution < -0.4 is 0 Å². The molecule has 0 saturated carbocycles. The molecule has 0 N–H and O–H groups in total. The highest BCUT2D eigenvalue weighted by atomic mass is 16.6. The predicted molar refractivity (Wildman–Crippen MR) is 358 cm³/mol. The van der Waals surface area contributed by atoms with Crippen molar-refractivity contribution in [1.29, 1.82) is 0 Å². The number of ether oxygens (including phenoxy) is 3. The summed E-state index contributed by atoms with van der Waals surface area (Å²) in [5, 5.41) is 0. The molecule has 6 heteroatoms. The summed E-state index contributed by atoms with van der Waals surface area (Å²) in [5.41, 5.74) is 0. The van der Waals surface area contributed by atoms with Crippen molar-refractivity contribution in [2.45, 2.75) is 380 Å². The molecule has 0 bridgehead atoms. The van der Waals surface area contributed by atoms with Gasteiger partial charge in [-0.05, 0) is 89.9 Å². The van der Waals surface area contributed by atoms with Crippen LogP contribution in [0.15, 0.2) is 72.9 Å². The van der Waals surface area contributed by atoms with Crippen LogP contribution in [0.1, 0.15) is 374 Å². The number of rotatable bonds is 66. The van der Waals surface area contributed by atoms with Gasteiger partial charge in [0.15, 0.2) is 6.10 Å². The van der Waals surface area contributed by atoms with Crippen molar-refractivity contribution in [2.24, 2.45) is 0 Å². The minimum absolute atomic E-state index is 0.0710. The van der Waals surface area contributed by atoms with Gasteiger partial charge in [-0.1, -0.05) is 338 Å². The summed E-state index contributed by atoms with van der Waals surface area (Å²) in [4.78, 5) is 38.3. The predicted octanol–water partition coefficient (Wildman–Crippen LogP) is 24.8. The summed E-state index contributed by atoms with van der Waals surface area (Å²) in [6.45, 7) is 6.55. The molecule has 0 spiro atoms. The van der Waals surface area contributed by atoms with E-state index in [1.165, 1.54) is 244 Å². The van der Waals surface area contributed by atoms with E-state index in [9.17, 15) is 14.4 Å². The van der Waals surface area contributed by atoms with E-state index >= 15 is 0 Å². The molecule has 0 aliphatic heterocycles. The van der Waals surface area contributed by atoms with Gasteiger partial charge < -0.3 is 14.2 Å². The lowest BCUT2D eigenvalue weighted by Crippen LogP contribution is -2.30. The minimum Gasteiger partial charge on any atom is -0.462 e. The smallest absolute Gasteiger partial charge is 0.306 e. The molecule has 0 amide bonds. The Bertz CT molecular complexity index is 1500. The van der Waals surface area contributed by atoms with E-state index in [0.717, 1.165) is 89.9 Å². The standard InChI is InChI=1S/C76H136O6/c1-4-7-10-13-16-19-22-24-26-28-30-32-33-34-35-36-37-38-39-40-41-42-43-45-46-48-50-52-54-57-60-63-66-69-75(78)81-72-73(71-80-74(77)68-65-62-59-56-21-18-15-12-9-6-3)82-76(79)70-67-64-61-58-55-53-51-49-47-44-31-29-27-25-23-20-17-14-11-8-5-2/h7,10,16,19,23-26,29-32,73H,4-6,8-9,11-15,17-18,20-22,27-28,33-72H2,1-3H3/b10-7-,19-16-,25-23-,26-24-,31-29-,32-30-. The topological polar surface area (TPSA) is 78.9 Å². The summed E-state index contributed by atoms with van der Waals surface area (Å²) in [6.07, 6.45) is 92.3. The first-order valence-corrected chi connectivity index (χ1v) is 35.9. The quantitative estimate of drug-likeness (QED) is 0.0261. The van der Waals surface area contributed by atoms with Gasteiger partial charge in [-0.25, -0.2) is 0 Å². The van der Waals surface area contributed by atoms with Gasteiger partial charge in [0, 0.05) is 19.3 Å². The lowest BCUT2D eigenvalue weighted by molar-refractivity contribution is -0.167. The molecule has 6 nitrogen and oxygen atoms in total. The third kappa shape index (κ3) is 67.6. The van der Waals surface area contributed by atoms with Gasteiger partial charge in [0.1, 0.15) is 13.2 Å². The van der Waals surface area contributed by atoms with Gasteiger partial charge in [0.2, 0.25) is 0 Å². The molecule has 0 aromatic rings. The van der Waals surface area contributed by atoms with Crippen molar-refractivity contribution in [3.05, 3.63) is 72.9 Å². The molecular weight excluding hydrogens is 1010 g/mol. The molecule has 0 heterocycles. The van der Waals surface area contributed by atoms with E-state index < -0.39 is 6.10 Å². The van der Waals surface area contributed by atoms with Crippen molar-refractivity contribution in [3.8, 4) is 0 Å². The Kier molecular flexibility index (Phi) is 67.6. The molecule has 0 aliphatic rings. The zero-order valence-electron chi connectivity index (χ0n) is 54.8. The van der Waals surface area contributed by atoms with Gasteiger partial charge in [-0.15, -0.1) is 0 Å². The second-order valence-corrected chi connectivity index (χ2v) is 24.1. The maximum absolute atomic E-state index is 12.9. The van der Waals surface area contributed by atoms with Crippen LogP contribution in [0.3, 0.4) is 0 Å². The van der Waals surface area contributed by atoms with Crippen LogP contribution in [-0.4, -0.2) is 37.2 Å². The molecule has 82 heavy (non-hydrogen) atoms. The summed E-state index contributed by atoms with van der Waals surface area (Å²) >= 11 is 0. The van der Waals surface area contributed by atoms with Crippen LogP contribution in [0.5, 0.6) is 0 Å². The molecule has 0 aromatic carbocycles. The Morgan fingerprint density at radius 2 is 0.476 bits per heavy atom. The van der Waals surface area contributed by atoms with Crippen LogP contribution in [0.2, 0.25) is 0 Å². The van der Waals surface area contributed by atoms with Crippen molar-refractivity contribution < 1.29 is 28.6 Å². The highest BCUT2D eigenvalue weighted by Crippen LogP contribution is 2.18. The number of esters is 3. The molecule has 0 aromatic heterocycles. The summed E-state index contributed by atoms with van der Waals surface area (Å²) in [7, 11) is 0. The molecule has 0 aliphatic carbocycles. The van der Waals surface area contributed by atoms with Gasteiger partial charge >= 0.3 is 17.9 Å². The maximum Gasteiger partial charge on any atom is 0.306 e. The maximum atomic E-state index is 12.9. The Hall–Kier alpha value is -3.15. The molecule has 1 unspecified atom stereocenters. The fourth-order valence-corrected chi connectivity index (χ4v) is 10.6. The zero-order chi connectivity index (χ0) is 59.2. The van der Waals surface area contributed by atoms with Crippen LogP contribution >= 0.6 is 0 Å². The highest BCUT2D eigenvalue weighted by Gasteiger charge is 2.19. The minimum atomic E-state index is -0.774. The van der Waals surface area contributed by atoms with Crippen LogP contribution in [-0.2, 0) is 28.6 Å². The van der Waals surface area contributed by atoms with E-state index in [1.807, 2.05) is 0 Å². The Balaban J connectivity index is 4.10. The highest BCUT2D eigenvalue weighted by molar-refractivity contribution is 5.71. The molecule has 0 rings (SSSR count). The summed E-state index contributed by atoms with van der Waals surface area (Å²) in [5.74, 6) is -0.854. The second kappa shape index (κ2) is 70.3. The lowest BCUT2D eigenvalue weighted by atomic mass is 10.0. The number of allylic oxidation sites excluding steroid dienone is 12. The lowest BCUT2D eigenvalue weighted by Gasteiger charge is -2.18. The number of hydrogen-bond acceptors (Lipinski definition) is 6. The molecule has 476 valence electrons. The van der Waals surface area contributed by atoms with Crippen LogP contribution in [0.25, 0.3) is 0 Å². The first-order valence-electron chi connectivity index (χ1n) is 35.9. The fourth-order valence-electron chi connectivity index (χ4n) is 10.6. The largest absolute Gasteiger partial charge is 0.462 e. The van der Waals surface area contributed by atoms with E-state index in [-0.39, 0.29) is 31.1 Å². The average Bonchev–Trinajstić information content (AvgIpc) is 3.48. The molecule has 1 atom stereocenters. The number of hydrogen-bond donors (Lipinski definition) is 0. The van der Waals surface area contributed by atoms with Crippen molar-refractivity contribution in [1.82, 2.24) is 0 Å². The number of carbonyl (C=O) groups is 3. The average molecular weight is 1150 g/mol. The molecule has 0 fully saturated rings. The van der Waals surface area contributed by atoms with E-state index in [2.05, 4.69) is 93.7 Å². The zero-order valence-corrected chi connectivity index (χ0v) is 54.8. The molecule has 0 saturated heterocycles. The van der Waals surface area contributed by atoms with E-state index in [1.54, 1.807) is 0 Å². The molecular formula is C76H136O6. The first kappa shape index (κ1) is 78.8. The molecule has 0 radical (unpaired) electrons.